The maximum atomic E-state index is 11.8. The van der Waals surface area contributed by atoms with Crippen molar-refractivity contribution in [3.63, 3.8) is 0 Å². The third-order valence-electron chi connectivity index (χ3n) is 3.43. The van der Waals surface area contributed by atoms with E-state index in [1.54, 1.807) is 6.92 Å². The maximum Gasteiger partial charge on any atom is 0.135 e. The summed E-state index contributed by atoms with van der Waals surface area (Å²) >= 11 is 0. The smallest absolute Gasteiger partial charge is 0.135 e. The summed E-state index contributed by atoms with van der Waals surface area (Å²) in [6, 6.07) is 0. The molecule has 1 aliphatic carbocycles. The van der Waals surface area contributed by atoms with Gasteiger partial charge in [0.05, 0.1) is 0 Å². The Morgan fingerprint density at radius 1 is 1.14 bits per heavy atom. The van der Waals surface area contributed by atoms with Gasteiger partial charge in [0.1, 0.15) is 5.78 Å². The van der Waals surface area contributed by atoms with Crippen molar-refractivity contribution in [2.24, 2.45) is 10.8 Å². The second-order valence-electron chi connectivity index (χ2n) is 6.13. The molecule has 0 N–H and O–H groups in total. The van der Waals surface area contributed by atoms with Gasteiger partial charge in [-0.2, -0.15) is 0 Å². The predicted octanol–water partition coefficient (Wildman–Crippen LogP) is 3.96. The largest absolute Gasteiger partial charge is 0.299 e. The zero-order valence-corrected chi connectivity index (χ0v) is 10.2. The molecule has 0 aromatic carbocycles. The summed E-state index contributed by atoms with van der Waals surface area (Å²) in [6.07, 6.45) is 7.12. The fourth-order valence-corrected chi connectivity index (χ4v) is 2.90. The van der Waals surface area contributed by atoms with Gasteiger partial charge in [-0.25, -0.2) is 0 Å². The molecule has 82 valence electrons. The summed E-state index contributed by atoms with van der Waals surface area (Å²) in [5.74, 6) is 0.423. The van der Waals surface area contributed by atoms with Crippen molar-refractivity contribution >= 4 is 5.78 Å². The molecule has 0 atom stereocenters. The third kappa shape index (κ3) is 2.83. The van der Waals surface area contributed by atoms with E-state index in [0.717, 1.165) is 19.3 Å². The molecule has 14 heavy (non-hydrogen) atoms. The van der Waals surface area contributed by atoms with Gasteiger partial charge >= 0.3 is 0 Å². The van der Waals surface area contributed by atoms with Crippen LogP contribution in [-0.2, 0) is 4.79 Å². The molecule has 0 aromatic heterocycles. The standard InChI is InChI=1S/C13H24O/c1-11(14)13(10-12(2,3)4)8-6-5-7-9-13/h5-10H2,1-4H3. The SMILES string of the molecule is CC(=O)C1(CC(C)(C)C)CCCCC1. The first kappa shape index (κ1) is 11.7. The van der Waals surface area contributed by atoms with Gasteiger partial charge in [-0.1, -0.05) is 40.0 Å². The lowest BCUT2D eigenvalue weighted by atomic mass is 9.64. The normalized spacial score (nSPS) is 22.0. The Labute approximate surface area is 88.3 Å². The summed E-state index contributed by atoms with van der Waals surface area (Å²) < 4.78 is 0. The predicted molar refractivity (Wildman–Crippen MR) is 60.3 cm³/mol. The summed E-state index contributed by atoms with van der Waals surface area (Å²) in [7, 11) is 0. The number of hydrogen-bond donors (Lipinski definition) is 0. The number of carbonyl (C=O) groups is 1. The monoisotopic (exact) mass is 196 g/mol. The van der Waals surface area contributed by atoms with Crippen LogP contribution in [0.15, 0.2) is 0 Å². The fourth-order valence-electron chi connectivity index (χ4n) is 2.90. The highest BCUT2D eigenvalue weighted by molar-refractivity contribution is 5.82. The van der Waals surface area contributed by atoms with Crippen LogP contribution in [0.4, 0.5) is 0 Å². The van der Waals surface area contributed by atoms with Crippen molar-refractivity contribution in [1.82, 2.24) is 0 Å². The lowest BCUT2D eigenvalue weighted by molar-refractivity contribution is -0.130. The lowest BCUT2D eigenvalue weighted by Crippen LogP contribution is -2.35. The molecule has 1 saturated carbocycles. The second kappa shape index (κ2) is 4.04. The zero-order chi connectivity index (χ0) is 10.8. The van der Waals surface area contributed by atoms with Crippen LogP contribution in [0.1, 0.15) is 66.2 Å². The topological polar surface area (TPSA) is 17.1 Å². The van der Waals surface area contributed by atoms with Crippen LogP contribution in [0.2, 0.25) is 0 Å². The summed E-state index contributed by atoms with van der Waals surface area (Å²) in [5.41, 5.74) is 0.305. The average Bonchev–Trinajstić information content (AvgIpc) is 2.02. The van der Waals surface area contributed by atoms with E-state index < -0.39 is 0 Å². The van der Waals surface area contributed by atoms with Crippen LogP contribution in [-0.4, -0.2) is 5.78 Å². The van der Waals surface area contributed by atoms with Crippen LogP contribution in [0.5, 0.6) is 0 Å². The van der Waals surface area contributed by atoms with Gasteiger partial charge in [0.25, 0.3) is 0 Å². The third-order valence-corrected chi connectivity index (χ3v) is 3.43. The Kier molecular flexibility index (Phi) is 3.39. The van der Waals surface area contributed by atoms with E-state index in [9.17, 15) is 4.79 Å². The highest BCUT2D eigenvalue weighted by Crippen LogP contribution is 2.45. The summed E-state index contributed by atoms with van der Waals surface area (Å²) in [5, 5.41) is 0. The summed E-state index contributed by atoms with van der Waals surface area (Å²) in [6.45, 7) is 8.52. The number of hydrogen-bond acceptors (Lipinski definition) is 1. The van der Waals surface area contributed by atoms with Gasteiger partial charge in [-0.05, 0) is 31.6 Å². The molecule has 1 heteroatoms. The molecule has 1 nitrogen and oxygen atoms in total. The first-order chi connectivity index (χ1) is 6.36. The fraction of sp³-hybridized carbons (Fsp3) is 0.923. The molecule has 0 amide bonds. The Bertz CT molecular complexity index is 204. The van der Waals surface area contributed by atoms with Crippen LogP contribution in [0.25, 0.3) is 0 Å². The number of ketones is 1. The van der Waals surface area contributed by atoms with Gasteiger partial charge in [0.2, 0.25) is 0 Å². The van der Waals surface area contributed by atoms with Gasteiger partial charge in [-0.3, -0.25) is 4.79 Å². The molecule has 0 spiro atoms. The van der Waals surface area contributed by atoms with Gasteiger partial charge in [-0.15, -0.1) is 0 Å². The van der Waals surface area contributed by atoms with Crippen LogP contribution in [0.3, 0.4) is 0 Å². The number of carbonyl (C=O) groups excluding carboxylic acids is 1. The van der Waals surface area contributed by atoms with E-state index in [2.05, 4.69) is 20.8 Å². The van der Waals surface area contributed by atoms with E-state index in [1.165, 1.54) is 19.3 Å². The molecular formula is C13H24O. The highest BCUT2D eigenvalue weighted by Gasteiger charge is 2.39. The van der Waals surface area contributed by atoms with Crippen LogP contribution < -0.4 is 0 Å². The molecule has 0 unspecified atom stereocenters. The van der Waals surface area contributed by atoms with E-state index in [-0.39, 0.29) is 10.8 Å². The molecule has 1 fully saturated rings. The summed E-state index contributed by atoms with van der Waals surface area (Å²) in [4.78, 5) is 11.8. The Morgan fingerprint density at radius 2 is 1.64 bits per heavy atom. The molecule has 0 saturated heterocycles. The van der Waals surface area contributed by atoms with E-state index >= 15 is 0 Å². The van der Waals surface area contributed by atoms with Gasteiger partial charge in [0.15, 0.2) is 0 Å². The van der Waals surface area contributed by atoms with Crippen molar-refractivity contribution in [1.29, 1.82) is 0 Å². The highest BCUT2D eigenvalue weighted by atomic mass is 16.1. The first-order valence-corrected chi connectivity index (χ1v) is 5.87. The van der Waals surface area contributed by atoms with Crippen molar-refractivity contribution in [2.45, 2.75) is 66.2 Å². The average molecular weight is 196 g/mol. The molecule has 0 aromatic rings. The minimum Gasteiger partial charge on any atom is -0.299 e. The maximum absolute atomic E-state index is 11.8. The molecule has 0 radical (unpaired) electrons. The van der Waals surface area contributed by atoms with Gasteiger partial charge < -0.3 is 0 Å². The Hall–Kier alpha value is -0.330. The van der Waals surface area contributed by atoms with Gasteiger partial charge in [0, 0.05) is 5.41 Å². The molecule has 0 aliphatic heterocycles. The number of Topliss-reactive ketones (excluding diaryl/α,β-unsaturated/α-hetero) is 1. The molecule has 1 rings (SSSR count). The second-order valence-corrected chi connectivity index (χ2v) is 6.13. The molecular weight excluding hydrogens is 172 g/mol. The van der Waals surface area contributed by atoms with Crippen molar-refractivity contribution in [2.75, 3.05) is 0 Å². The van der Waals surface area contributed by atoms with Crippen LogP contribution in [0, 0.1) is 10.8 Å². The minimum absolute atomic E-state index is 0.0243. The van der Waals surface area contributed by atoms with E-state index in [4.69, 9.17) is 0 Å². The number of rotatable bonds is 2. The minimum atomic E-state index is 0.0243. The van der Waals surface area contributed by atoms with E-state index in [1.807, 2.05) is 0 Å². The zero-order valence-electron chi connectivity index (χ0n) is 10.2. The molecule has 1 aliphatic rings. The Balaban J connectivity index is 2.76. The van der Waals surface area contributed by atoms with Crippen molar-refractivity contribution in [3.05, 3.63) is 0 Å². The van der Waals surface area contributed by atoms with Crippen LogP contribution >= 0.6 is 0 Å². The van der Waals surface area contributed by atoms with E-state index in [0.29, 0.717) is 5.78 Å². The molecule has 0 bridgehead atoms. The quantitative estimate of drug-likeness (QED) is 0.653. The van der Waals surface area contributed by atoms with Crippen molar-refractivity contribution < 1.29 is 4.79 Å². The first-order valence-electron chi connectivity index (χ1n) is 5.87. The van der Waals surface area contributed by atoms with Crippen molar-refractivity contribution in [3.8, 4) is 0 Å². The molecule has 0 heterocycles. The Morgan fingerprint density at radius 3 is 2.00 bits per heavy atom. The lowest BCUT2D eigenvalue weighted by Gasteiger charge is -2.39.